The van der Waals surface area contributed by atoms with Gasteiger partial charge >= 0.3 is 0 Å². The molecule has 0 radical (unpaired) electrons. The van der Waals surface area contributed by atoms with Crippen molar-refractivity contribution in [1.29, 1.82) is 0 Å². The van der Waals surface area contributed by atoms with Crippen LogP contribution in [0.15, 0.2) is 12.1 Å². The number of nitrogens with zero attached hydrogens (tertiary/aromatic N) is 3. The standard InChI is InChI=1S/C9H12ClN3O2S2/c1-17(14,15)9-6-16-5-4-13(9)8-3-2-7(10)11-12-8/h2-3,9H,4-6H2,1H3. The fourth-order valence-corrected chi connectivity index (χ4v) is 4.59. The molecule has 1 fully saturated rings. The Hall–Kier alpha value is -0.530. The van der Waals surface area contributed by atoms with Gasteiger partial charge in [-0.25, -0.2) is 8.42 Å². The number of thioether (sulfide) groups is 1. The monoisotopic (exact) mass is 293 g/mol. The first kappa shape index (κ1) is 12.9. The second-order valence-corrected chi connectivity index (χ2v) is 7.51. The van der Waals surface area contributed by atoms with Crippen molar-refractivity contribution in [3.05, 3.63) is 17.3 Å². The topological polar surface area (TPSA) is 63.2 Å². The maximum absolute atomic E-state index is 11.7. The molecule has 0 aliphatic carbocycles. The Labute approximate surface area is 109 Å². The van der Waals surface area contributed by atoms with E-state index >= 15 is 0 Å². The molecule has 2 heterocycles. The largest absolute Gasteiger partial charge is 0.337 e. The zero-order valence-corrected chi connectivity index (χ0v) is 11.6. The molecular formula is C9H12ClN3O2S2. The Kier molecular flexibility index (Phi) is 3.79. The maximum atomic E-state index is 11.7. The van der Waals surface area contributed by atoms with Gasteiger partial charge in [0, 0.05) is 24.3 Å². The van der Waals surface area contributed by atoms with E-state index in [1.165, 1.54) is 6.26 Å². The summed E-state index contributed by atoms with van der Waals surface area (Å²) in [5, 5.41) is 7.45. The van der Waals surface area contributed by atoms with Crippen LogP contribution in [0.4, 0.5) is 5.82 Å². The van der Waals surface area contributed by atoms with Crippen LogP contribution < -0.4 is 4.90 Å². The normalized spacial score (nSPS) is 21.5. The minimum absolute atomic E-state index is 0.302. The van der Waals surface area contributed by atoms with Gasteiger partial charge in [0.15, 0.2) is 20.8 Å². The van der Waals surface area contributed by atoms with E-state index in [4.69, 9.17) is 11.6 Å². The van der Waals surface area contributed by atoms with E-state index in [9.17, 15) is 8.42 Å². The van der Waals surface area contributed by atoms with E-state index in [-0.39, 0.29) is 0 Å². The van der Waals surface area contributed by atoms with Crippen LogP contribution in [0, 0.1) is 0 Å². The van der Waals surface area contributed by atoms with Crippen LogP contribution in [0.2, 0.25) is 5.15 Å². The van der Waals surface area contributed by atoms with Gasteiger partial charge in [-0.15, -0.1) is 10.2 Å². The highest BCUT2D eigenvalue weighted by atomic mass is 35.5. The number of hydrogen-bond acceptors (Lipinski definition) is 6. The fourth-order valence-electron chi connectivity index (χ4n) is 1.66. The first-order valence-electron chi connectivity index (χ1n) is 5.01. The van der Waals surface area contributed by atoms with Gasteiger partial charge in [0.05, 0.1) is 0 Å². The molecule has 0 amide bonds. The van der Waals surface area contributed by atoms with Gasteiger partial charge in [-0.05, 0) is 12.1 Å². The number of sulfone groups is 1. The number of rotatable bonds is 2. The Morgan fingerprint density at radius 1 is 1.47 bits per heavy atom. The highest BCUT2D eigenvalue weighted by Gasteiger charge is 2.31. The average molecular weight is 294 g/mol. The lowest BCUT2D eigenvalue weighted by molar-refractivity contribution is 0.583. The fraction of sp³-hybridized carbons (Fsp3) is 0.556. The van der Waals surface area contributed by atoms with Crippen molar-refractivity contribution < 1.29 is 8.42 Å². The molecule has 1 saturated heterocycles. The predicted molar refractivity (Wildman–Crippen MR) is 70.3 cm³/mol. The van der Waals surface area contributed by atoms with Crippen molar-refractivity contribution >= 4 is 39.0 Å². The van der Waals surface area contributed by atoms with Gasteiger partial charge in [-0.3, -0.25) is 0 Å². The van der Waals surface area contributed by atoms with E-state index in [0.29, 0.717) is 23.3 Å². The molecule has 0 aromatic carbocycles. The SMILES string of the molecule is CS(=O)(=O)C1CSCCN1c1ccc(Cl)nn1. The number of halogens is 1. The van der Waals surface area contributed by atoms with Crippen molar-refractivity contribution in [2.24, 2.45) is 0 Å². The van der Waals surface area contributed by atoms with Gasteiger partial charge in [0.2, 0.25) is 0 Å². The molecule has 94 valence electrons. The zero-order chi connectivity index (χ0) is 12.5. The van der Waals surface area contributed by atoms with Gasteiger partial charge in [-0.2, -0.15) is 11.8 Å². The lowest BCUT2D eigenvalue weighted by atomic mass is 10.4. The highest BCUT2D eigenvalue weighted by molar-refractivity contribution is 8.01. The summed E-state index contributed by atoms with van der Waals surface area (Å²) in [6, 6.07) is 3.31. The van der Waals surface area contributed by atoms with Crippen LogP contribution in [0.1, 0.15) is 0 Å². The lowest BCUT2D eigenvalue weighted by Crippen LogP contribution is -2.47. The Morgan fingerprint density at radius 3 is 2.82 bits per heavy atom. The van der Waals surface area contributed by atoms with Gasteiger partial charge in [0.25, 0.3) is 0 Å². The quantitative estimate of drug-likeness (QED) is 0.812. The molecule has 8 heteroatoms. The molecule has 1 aliphatic heterocycles. The molecule has 1 aromatic rings. The number of anilines is 1. The summed E-state index contributed by atoms with van der Waals surface area (Å²) in [7, 11) is -3.13. The molecule has 5 nitrogen and oxygen atoms in total. The third-order valence-electron chi connectivity index (χ3n) is 2.49. The molecule has 1 aliphatic rings. The van der Waals surface area contributed by atoms with Crippen molar-refractivity contribution in [3.63, 3.8) is 0 Å². The Bertz CT molecular complexity index is 491. The average Bonchev–Trinajstić information content (AvgIpc) is 2.29. The van der Waals surface area contributed by atoms with Crippen LogP contribution in [-0.2, 0) is 9.84 Å². The molecule has 0 bridgehead atoms. The van der Waals surface area contributed by atoms with Crippen molar-refractivity contribution in [3.8, 4) is 0 Å². The van der Waals surface area contributed by atoms with Gasteiger partial charge < -0.3 is 4.90 Å². The molecule has 17 heavy (non-hydrogen) atoms. The van der Waals surface area contributed by atoms with Crippen molar-refractivity contribution in [1.82, 2.24) is 10.2 Å². The minimum Gasteiger partial charge on any atom is -0.337 e. The van der Waals surface area contributed by atoms with Gasteiger partial charge in [0.1, 0.15) is 5.37 Å². The highest BCUT2D eigenvalue weighted by Crippen LogP contribution is 2.25. The third kappa shape index (κ3) is 3.02. The smallest absolute Gasteiger partial charge is 0.169 e. The number of hydrogen-bond donors (Lipinski definition) is 0. The first-order valence-corrected chi connectivity index (χ1v) is 8.50. The first-order chi connectivity index (χ1) is 7.98. The summed E-state index contributed by atoms with van der Waals surface area (Å²) in [6.07, 6.45) is 1.25. The second-order valence-electron chi connectivity index (χ2n) is 3.77. The lowest BCUT2D eigenvalue weighted by Gasteiger charge is -2.34. The predicted octanol–water partition coefficient (Wildman–Crippen LogP) is 1.05. The minimum atomic E-state index is -3.13. The summed E-state index contributed by atoms with van der Waals surface area (Å²) < 4.78 is 23.4. The summed E-state index contributed by atoms with van der Waals surface area (Å²) in [4.78, 5) is 1.77. The zero-order valence-electron chi connectivity index (χ0n) is 9.21. The van der Waals surface area contributed by atoms with E-state index < -0.39 is 15.2 Å². The molecule has 1 unspecified atom stereocenters. The Balaban J connectivity index is 2.31. The second kappa shape index (κ2) is 4.99. The van der Waals surface area contributed by atoms with E-state index in [2.05, 4.69) is 10.2 Å². The van der Waals surface area contributed by atoms with Gasteiger partial charge in [-0.1, -0.05) is 11.6 Å². The van der Waals surface area contributed by atoms with E-state index in [1.807, 2.05) is 0 Å². The van der Waals surface area contributed by atoms with Crippen LogP contribution in [0.25, 0.3) is 0 Å². The summed E-state index contributed by atoms with van der Waals surface area (Å²) >= 11 is 7.30. The molecule has 0 N–H and O–H groups in total. The van der Waals surface area contributed by atoms with Crippen LogP contribution in [-0.4, -0.2) is 48.3 Å². The molecular weight excluding hydrogens is 282 g/mol. The molecule has 1 aromatic heterocycles. The number of aromatic nitrogens is 2. The Morgan fingerprint density at radius 2 is 2.24 bits per heavy atom. The van der Waals surface area contributed by atoms with Crippen LogP contribution in [0.3, 0.4) is 0 Å². The van der Waals surface area contributed by atoms with Crippen molar-refractivity contribution in [2.75, 3.05) is 29.2 Å². The van der Waals surface area contributed by atoms with Crippen LogP contribution >= 0.6 is 23.4 Å². The van der Waals surface area contributed by atoms with Crippen molar-refractivity contribution in [2.45, 2.75) is 5.37 Å². The summed E-state index contributed by atoms with van der Waals surface area (Å²) in [6.45, 7) is 0.652. The molecule has 0 spiro atoms. The maximum Gasteiger partial charge on any atom is 0.169 e. The van der Waals surface area contributed by atoms with E-state index in [1.54, 1.807) is 28.8 Å². The molecule has 1 atom stereocenters. The van der Waals surface area contributed by atoms with E-state index in [0.717, 1.165) is 5.75 Å². The van der Waals surface area contributed by atoms with Crippen LogP contribution in [0.5, 0.6) is 0 Å². The molecule has 0 saturated carbocycles. The molecule has 2 rings (SSSR count). The summed E-state index contributed by atoms with van der Waals surface area (Å²) in [5.74, 6) is 2.00. The summed E-state index contributed by atoms with van der Waals surface area (Å²) in [5.41, 5.74) is 0. The third-order valence-corrected chi connectivity index (χ3v) is 5.34.